The summed E-state index contributed by atoms with van der Waals surface area (Å²) in [7, 11) is -3.62. The van der Waals surface area contributed by atoms with Crippen LogP contribution in [0.25, 0.3) is 0 Å². The first-order valence-corrected chi connectivity index (χ1v) is 6.75. The van der Waals surface area contributed by atoms with E-state index < -0.39 is 10.2 Å². The summed E-state index contributed by atoms with van der Waals surface area (Å²) < 4.78 is 34.4. The lowest BCUT2D eigenvalue weighted by Gasteiger charge is -2.18. The Labute approximate surface area is 99.9 Å². The molecule has 3 N–H and O–H groups in total. The van der Waals surface area contributed by atoms with Crippen molar-refractivity contribution in [3.8, 4) is 11.5 Å². The molecule has 1 aromatic rings. The Bertz CT molecular complexity index is 501. The maximum atomic E-state index is 10.7. The van der Waals surface area contributed by atoms with E-state index in [1.165, 1.54) is 0 Å². The molecule has 1 heterocycles. The largest absolute Gasteiger partial charge is 0.486 e. The topological polar surface area (TPSA) is 90.7 Å². The van der Waals surface area contributed by atoms with Crippen LogP contribution in [0.15, 0.2) is 18.2 Å². The summed E-state index contributed by atoms with van der Waals surface area (Å²) in [6.07, 6.45) is 0.549. The molecule has 2 rings (SSSR count). The lowest BCUT2D eigenvalue weighted by atomic mass is 10.1. The van der Waals surface area contributed by atoms with Crippen LogP contribution in [0.3, 0.4) is 0 Å². The van der Waals surface area contributed by atoms with Crippen molar-refractivity contribution in [3.05, 3.63) is 23.8 Å². The number of hydrogen-bond acceptors (Lipinski definition) is 4. The third-order valence-corrected chi connectivity index (χ3v) is 2.93. The summed E-state index contributed by atoms with van der Waals surface area (Å²) in [6, 6.07) is 5.54. The van der Waals surface area contributed by atoms with Crippen molar-refractivity contribution < 1.29 is 17.9 Å². The summed E-state index contributed by atoms with van der Waals surface area (Å²) in [4.78, 5) is 0. The van der Waals surface area contributed by atoms with Crippen molar-refractivity contribution in [2.75, 3.05) is 19.8 Å². The zero-order valence-electron chi connectivity index (χ0n) is 9.18. The highest BCUT2D eigenvalue weighted by Crippen LogP contribution is 2.30. The van der Waals surface area contributed by atoms with Crippen molar-refractivity contribution in [2.45, 2.75) is 6.42 Å². The molecule has 17 heavy (non-hydrogen) atoms. The second kappa shape index (κ2) is 4.91. The molecule has 0 aromatic heterocycles. The van der Waals surface area contributed by atoms with Crippen LogP contribution in [0.4, 0.5) is 0 Å². The van der Waals surface area contributed by atoms with Crippen LogP contribution in [-0.4, -0.2) is 28.2 Å². The van der Waals surface area contributed by atoms with Gasteiger partial charge in [0.1, 0.15) is 13.2 Å². The van der Waals surface area contributed by atoms with Crippen LogP contribution in [-0.2, 0) is 16.6 Å². The van der Waals surface area contributed by atoms with Crippen molar-refractivity contribution in [1.29, 1.82) is 0 Å². The lowest BCUT2D eigenvalue weighted by Crippen LogP contribution is -2.32. The summed E-state index contributed by atoms with van der Waals surface area (Å²) in [5.41, 5.74) is 0.963. The van der Waals surface area contributed by atoms with Gasteiger partial charge in [0.15, 0.2) is 11.5 Å². The third-order valence-electron chi connectivity index (χ3n) is 2.32. The molecule has 0 unspecified atom stereocenters. The molecule has 0 fully saturated rings. The molecule has 1 aromatic carbocycles. The van der Waals surface area contributed by atoms with Crippen molar-refractivity contribution in [3.63, 3.8) is 0 Å². The molecule has 0 amide bonds. The fourth-order valence-corrected chi connectivity index (χ4v) is 1.97. The molecule has 0 saturated carbocycles. The minimum absolute atomic E-state index is 0.262. The first-order chi connectivity index (χ1) is 8.04. The molecular formula is C10H14N2O4S. The van der Waals surface area contributed by atoms with E-state index in [9.17, 15) is 8.42 Å². The predicted molar refractivity (Wildman–Crippen MR) is 62.2 cm³/mol. The first-order valence-electron chi connectivity index (χ1n) is 5.20. The number of fused-ring (bicyclic) bond motifs is 1. The number of rotatable bonds is 4. The SMILES string of the molecule is NS(=O)(=O)NCCc1ccc2c(c1)OCCO2. The predicted octanol–water partition coefficient (Wildman–Crippen LogP) is -0.207. The number of benzene rings is 1. The maximum Gasteiger partial charge on any atom is 0.274 e. The standard InChI is InChI=1S/C10H14N2O4S/c11-17(13,14)12-4-3-8-1-2-9-10(7-8)16-6-5-15-9/h1-2,7,12H,3-6H2,(H2,11,13,14). The van der Waals surface area contributed by atoms with Gasteiger partial charge in [-0.15, -0.1) is 0 Å². The van der Waals surface area contributed by atoms with Crippen LogP contribution >= 0.6 is 0 Å². The summed E-state index contributed by atoms with van der Waals surface area (Å²) >= 11 is 0. The number of hydrogen-bond donors (Lipinski definition) is 2. The Kier molecular flexibility index (Phi) is 3.51. The highest BCUT2D eigenvalue weighted by molar-refractivity contribution is 7.87. The summed E-state index contributed by atoms with van der Waals surface area (Å²) in [5, 5.41) is 4.83. The fourth-order valence-electron chi connectivity index (χ4n) is 1.58. The van der Waals surface area contributed by atoms with Gasteiger partial charge in [0.2, 0.25) is 0 Å². The van der Waals surface area contributed by atoms with Gasteiger partial charge in [-0.2, -0.15) is 8.42 Å². The average molecular weight is 258 g/mol. The van der Waals surface area contributed by atoms with Gasteiger partial charge >= 0.3 is 0 Å². The molecule has 6 nitrogen and oxygen atoms in total. The summed E-state index contributed by atoms with van der Waals surface area (Å²) in [6.45, 7) is 1.35. The molecule has 0 aliphatic carbocycles. The second-order valence-corrected chi connectivity index (χ2v) is 5.05. The zero-order chi connectivity index (χ0) is 12.3. The number of nitrogens with one attached hydrogen (secondary N) is 1. The smallest absolute Gasteiger partial charge is 0.274 e. The monoisotopic (exact) mass is 258 g/mol. The minimum Gasteiger partial charge on any atom is -0.486 e. The molecule has 94 valence electrons. The van der Waals surface area contributed by atoms with Gasteiger partial charge < -0.3 is 9.47 Å². The van der Waals surface area contributed by atoms with Crippen LogP contribution in [0.1, 0.15) is 5.56 Å². The van der Waals surface area contributed by atoms with E-state index in [1.807, 2.05) is 18.2 Å². The van der Waals surface area contributed by atoms with Gasteiger partial charge in [0, 0.05) is 6.54 Å². The maximum absolute atomic E-state index is 10.7. The molecule has 0 spiro atoms. The molecule has 0 atom stereocenters. The molecule has 0 saturated heterocycles. The molecule has 1 aliphatic rings. The summed E-state index contributed by atoms with van der Waals surface area (Å²) in [5.74, 6) is 1.42. The Hall–Kier alpha value is -1.31. The average Bonchev–Trinajstić information content (AvgIpc) is 2.27. The van der Waals surface area contributed by atoms with E-state index in [4.69, 9.17) is 14.6 Å². The van der Waals surface area contributed by atoms with Crippen LogP contribution < -0.4 is 19.3 Å². The van der Waals surface area contributed by atoms with Gasteiger partial charge in [-0.25, -0.2) is 9.86 Å². The second-order valence-electron chi connectivity index (χ2n) is 3.67. The number of ether oxygens (including phenoxy) is 2. The lowest BCUT2D eigenvalue weighted by molar-refractivity contribution is 0.171. The highest BCUT2D eigenvalue weighted by Gasteiger charge is 2.11. The first kappa shape index (κ1) is 12.2. The Morgan fingerprint density at radius 2 is 1.94 bits per heavy atom. The van der Waals surface area contributed by atoms with Crippen LogP contribution in [0.2, 0.25) is 0 Å². The quantitative estimate of drug-likeness (QED) is 0.782. The molecule has 1 aliphatic heterocycles. The van der Waals surface area contributed by atoms with Crippen molar-refractivity contribution in [2.24, 2.45) is 5.14 Å². The van der Waals surface area contributed by atoms with Gasteiger partial charge in [-0.3, -0.25) is 0 Å². The molecule has 0 bridgehead atoms. The molecular weight excluding hydrogens is 244 g/mol. The Morgan fingerprint density at radius 1 is 1.24 bits per heavy atom. The third kappa shape index (κ3) is 3.58. The van der Waals surface area contributed by atoms with E-state index >= 15 is 0 Å². The normalized spacial score (nSPS) is 14.6. The van der Waals surface area contributed by atoms with Gasteiger partial charge in [-0.1, -0.05) is 6.07 Å². The van der Waals surface area contributed by atoms with Crippen molar-refractivity contribution >= 4 is 10.2 Å². The van der Waals surface area contributed by atoms with Crippen LogP contribution in [0, 0.1) is 0 Å². The van der Waals surface area contributed by atoms with E-state index in [0.717, 1.165) is 11.3 Å². The van der Waals surface area contributed by atoms with Gasteiger partial charge in [0.05, 0.1) is 0 Å². The zero-order valence-corrected chi connectivity index (χ0v) is 10.00. The van der Waals surface area contributed by atoms with E-state index in [2.05, 4.69) is 4.72 Å². The Morgan fingerprint density at radius 3 is 2.65 bits per heavy atom. The van der Waals surface area contributed by atoms with E-state index in [1.54, 1.807) is 0 Å². The Balaban J connectivity index is 1.98. The van der Waals surface area contributed by atoms with E-state index in [0.29, 0.717) is 25.4 Å². The van der Waals surface area contributed by atoms with Crippen LogP contribution in [0.5, 0.6) is 11.5 Å². The minimum atomic E-state index is -3.62. The highest BCUT2D eigenvalue weighted by atomic mass is 32.2. The fraction of sp³-hybridized carbons (Fsp3) is 0.400. The van der Waals surface area contributed by atoms with Gasteiger partial charge in [0.25, 0.3) is 10.2 Å². The van der Waals surface area contributed by atoms with Crippen molar-refractivity contribution in [1.82, 2.24) is 4.72 Å². The number of nitrogens with two attached hydrogens (primary N) is 1. The molecule has 0 radical (unpaired) electrons. The molecule has 7 heteroatoms. The van der Waals surface area contributed by atoms with Gasteiger partial charge in [-0.05, 0) is 24.1 Å². The van der Waals surface area contributed by atoms with E-state index in [-0.39, 0.29) is 6.54 Å².